The van der Waals surface area contributed by atoms with Crippen LogP contribution in [0.15, 0.2) is 30.3 Å². The molecule has 4 heteroatoms. The molecule has 1 atom stereocenters. The largest absolute Gasteiger partial charge is 0.341 e. The van der Waals surface area contributed by atoms with Gasteiger partial charge in [0.05, 0.1) is 6.04 Å². The number of hydrogen-bond donors (Lipinski definition) is 1. The lowest BCUT2D eigenvalue weighted by Crippen LogP contribution is -2.54. The quantitative estimate of drug-likeness (QED) is 0.928. The molecule has 0 aromatic heterocycles. The van der Waals surface area contributed by atoms with Crippen LogP contribution in [0.5, 0.6) is 0 Å². The minimum atomic E-state index is -0.435. The molecule has 2 rings (SSSR count). The Morgan fingerprint density at radius 1 is 1.26 bits per heavy atom. The van der Waals surface area contributed by atoms with Crippen LogP contribution >= 0.6 is 0 Å². The average molecular weight is 317 g/mol. The normalized spacial score (nSPS) is 18.7. The van der Waals surface area contributed by atoms with E-state index >= 15 is 0 Å². The first-order valence-electron chi connectivity index (χ1n) is 8.57. The zero-order valence-corrected chi connectivity index (χ0v) is 15.0. The zero-order valence-electron chi connectivity index (χ0n) is 15.0. The molecule has 1 aromatic rings. The monoisotopic (exact) mass is 317 g/mol. The van der Waals surface area contributed by atoms with E-state index in [1.54, 1.807) is 0 Å². The number of likely N-dealkylation sites (N-methyl/N-ethyl adjacent to an activating group) is 1. The lowest BCUT2D eigenvalue weighted by atomic mass is 9.86. The summed E-state index contributed by atoms with van der Waals surface area (Å²) in [6.45, 7) is 9.11. The standard InChI is InChI=1S/C19H31N3O/c1-19(2,3)17(20)18(23)21(4)16-10-12-22(13-11-16)14-15-8-6-5-7-9-15/h5-9,16-17H,10-14,20H2,1-4H3/t17-/m1/s1. The number of benzene rings is 1. The zero-order chi connectivity index (χ0) is 17.0. The molecule has 4 nitrogen and oxygen atoms in total. The van der Waals surface area contributed by atoms with Gasteiger partial charge in [0, 0.05) is 32.7 Å². The van der Waals surface area contributed by atoms with Gasteiger partial charge in [-0.15, -0.1) is 0 Å². The molecule has 0 unspecified atom stereocenters. The topological polar surface area (TPSA) is 49.6 Å². The van der Waals surface area contributed by atoms with Gasteiger partial charge in [0.2, 0.25) is 5.91 Å². The Balaban J connectivity index is 1.85. The third kappa shape index (κ3) is 4.79. The number of carbonyl (C=O) groups excluding carboxylic acids is 1. The summed E-state index contributed by atoms with van der Waals surface area (Å²) < 4.78 is 0. The minimum Gasteiger partial charge on any atom is -0.341 e. The highest BCUT2D eigenvalue weighted by Crippen LogP contribution is 2.22. The molecule has 1 heterocycles. The maximum absolute atomic E-state index is 12.5. The van der Waals surface area contributed by atoms with Gasteiger partial charge >= 0.3 is 0 Å². The molecule has 0 aliphatic carbocycles. The molecule has 0 saturated carbocycles. The van der Waals surface area contributed by atoms with E-state index in [1.807, 2.05) is 32.7 Å². The Labute approximate surface area is 140 Å². The molecule has 128 valence electrons. The SMILES string of the molecule is CN(C(=O)[C@@H](N)C(C)(C)C)C1CCN(Cc2ccccc2)CC1. The van der Waals surface area contributed by atoms with E-state index in [0.29, 0.717) is 6.04 Å². The molecule has 23 heavy (non-hydrogen) atoms. The summed E-state index contributed by atoms with van der Waals surface area (Å²) in [4.78, 5) is 16.9. The van der Waals surface area contributed by atoms with Crippen molar-refractivity contribution in [2.45, 2.75) is 52.2 Å². The van der Waals surface area contributed by atoms with Crippen LogP contribution in [0, 0.1) is 5.41 Å². The fourth-order valence-corrected chi connectivity index (χ4v) is 3.08. The Kier molecular flexibility index (Phi) is 5.82. The molecular formula is C19H31N3O. The van der Waals surface area contributed by atoms with Crippen molar-refractivity contribution in [3.8, 4) is 0 Å². The van der Waals surface area contributed by atoms with Crippen LogP contribution < -0.4 is 5.73 Å². The Morgan fingerprint density at radius 3 is 2.35 bits per heavy atom. The summed E-state index contributed by atoms with van der Waals surface area (Å²) in [7, 11) is 1.91. The molecule has 2 N–H and O–H groups in total. The first kappa shape index (κ1) is 18.0. The van der Waals surface area contributed by atoms with Crippen molar-refractivity contribution in [3.63, 3.8) is 0 Å². The average Bonchev–Trinajstić information content (AvgIpc) is 2.53. The number of amides is 1. The number of likely N-dealkylation sites (tertiary alicyclic amines) is 1. The van der Waals surface area contributed by atoms with E-state index in [9.17, 15) is 4.79 Å². The van der Waals surface area contributed by atoms with Crippen LogP contribution in [0.2, 0.25) is 0 Å². The number of nitrogens with two attached hydrogens (primary N) is 1. The first-order valence-corrected chi connectivity index (χ1v) is 8.57. The summed E-state index contributed by atoms with van der Waals surface area (Å²) in [6.07, 6.45) is 2.04. The maximum Gasteiger partial charge on any atom is 0.240 e. The minimum absolute atomic E-state index is 0.0685. The molecule has 0 radical (unpaired) electrons. The molecule has 1 aliphatic rings. The van der Waals surface area contributed by atoms with E-state index in [0.717, 1.165) is 32.5 Å². The van der Waals surface area contributed by atoms with Crippen molar-refractivity contribution in [1.29, 1.82) is 0 Å². The van der Waals surface area contributed by atoms with Crippen molar-refractivity contribution >= 4 is 5.91 Å². The fraction of sp³-hybridized carbons (Fsp3) is 0.632. The summed E-state index contributed by atoms with van der Waals surface area (Å²) in [5.74, 6) is 0.0685. The van der Waals surface area contributed by atoms with Gasteiger partial charge < -0.3 is 10.6 Å². The smallest absolute Gasteiger partial charge is 0.240 e. The van der Waals surface area contributed by atoms with Gasteiger partial charge in [0.15, 0.2) is 0 Å². The lowest BCUT2D eigenvalue weighted by Gasteiger charge is -2.39. The molecule has 1 aromatic carbocycles. The molecule has 1 saturated heterocycles. The number of piperidine rings is 1. The number of carbonyl (C=O) groups is 1. The van der Waals surface area contributed by atoms with Crippen LogP contribution in [-0.2, 0) is 11.3 Å². The molecule has 1 aliphatic heterocycles. The van der Waals surface area contributed by atoms with Crippen LogP contribution in [-0.4, -0.2) is 47.9 Å². The van der Waals surface area contributed by atoms with E-state index in [4.69, 9.17) is 5.73 Å². The van der Waals surface area contributed by atoms with Gasteiger partial charge in [-0.1, -0.05) is 51.1 Å². The van der Waals surface area contributed by atoms with Gasteiger partial charge in [-0.25, -0.2) is 0 Å². The van der Waals surface area contributed by atoms with Crippen molar-refractivity contribution in [1.82, 2.24) is 9.80 Å². The van der Waals surface area contributed by atoms with E-state index in [2.05, 4.69) is 35.2 Å². The molecule has 0 bridgehead atoms. The second-order valence-corrected chi connectivity index (χ2v) is 7.79. The highest BCUT2D eigenvalue weighted by atomic mass is 16.2. The predicted molar refractivity (Wildman–Crippen MR) is 94.9 cm³/mol. The van der Waals surface area contributed by atoms with E-state index in [-0.39, 0.29) is 11.3 Å². The van der Waals surface area contributed by atoms with Crippen molar-refractivity contribution in [2.24, 2.45) is 11.1 Å². The van der Waals surface area contributed by atoms with Crippen molar-refractivity contribution in [3.05, 3.63) is 35.9 Å². The summed E-state index contributed by atoms with van der Waals surface area (Å²) in [6, 6.07) is 10.4. The van der Waals surface area contributed by atoms with Crippen molar-refractivity contribution in [2.75, 3.05) is 20.1 Å². The number of rotatable bonds is 4. The third-order valence-electron chi connectivity index (χ3n) is 4.90. The van der Waals surface area contributed by atoms with Crippen LogP contribution in [0.1, 0.15) is 39.2 Å². The number of hydrogen-bond acceptors (Lipinski definition) is 3. The summed E-state index contributed by atoms with van der Waals surface area (Å²) in [5, 5.41) is 0. The molecule has 1 fully saturated rings. The van der Waals surface area contributed by atoms with Gasteiger partial charge in [-0.2, -0.15) is 0 Å². The highest BCUT2D eigenvalue weighted by Gasteiger charge is 2.33. The lowest BCUT2D eigenvalue weighted by molar-refractivity contribution is -0.136. The van der Waals surface area contributed by atoms with Crippen LogP contribution in [0.25, 0.3) is 0 Å². The summed E-state index contributed by atoms with van der Waals surface area (Å²) in [5.41, 5.74) is 7.29. The van der Waals surface area contributed by atoms with Gasteiger partial charge in [-0.05, 0) is 23.8 Å². The summed E-state index contributed by atoms with van der Waals surface area (Å²) >= 11 is 0. The fourth-order valence-electron chi connectivity index (χ4n) is 3.08. The van der Waals surface area contributed by atoms with Gasteiger partial charge in [0.25, 0.3) is 0 Å². The van der Waals surface area contributed by atoms with E-state index < -0.39 is 6.04 Å². The molecule has 0 spiro atoms. The predicted octanol–water partition coefficient (Wildman–Crippen LogP) is 2.48. The van der Waals surface area contributed by atoms with E-state index in [1.165, 1.54) is 5.56 Å². The second kappa shape index (κ2) is 7.45. The third-order valence-corrected chi connectivity index (χ3v) is 4.90. The Morgan fingerprint density at radius 2 is 1.83 bits per heavy atom. The highest BCUT2D eigenvalue weighted by molar-refractivity contribution is 5.82. The van der Waals surface area contributed by atoms with Gasteiger partial charge in [-0.3, -0.25) is 9.69 Å². The van der Waals surface area contributed by atoms with Crippen LogP contribution in [0.3, 0.4) is 0 Å². The molecular weight excluding hydrogens is 286 g/mol. The Bertz CT molecular complexity index is 501. The van der Waals surface area contributed by atoms with Gasteiger partial charge in [0.1, 0.15) is 0 Å². The second-order valence-electron chi connectivity index (χ2n) is 7.79. The number of nitrogens with zero attached hydrogens (tertiary/aromatic N) is 2. The van der Waals surface area contributed by atoms with Crippen molar-refractivity contribution < 1.29 is 4.79 Å². The Hall–Kier alpha value is -1.39. The maximum atomic E-state index is 12.5. The first-order chi connectivity index (χ1) is 10.8. The van der Waals surface area contributed by atoms with Crippen LogP contribution in [0.4, 0.5) is 0 Å². The molecule has 1 amide bonds.